The fraction of sp³-hybridized carbons (Fsp3) is 0.500. The second kappa shape index (κ2) is 5.90. The van der Waals surface area contributed by atoms with Gasteiger partial charge in [0, 0.05) is 11.8 Å². The molecule has 5 nitrogen and oxygen atoms in total. The van der Waals surface area contributed by atoms with Crippen molar-refractivity contribution in [1.82, 2.24) is 9.55 Å². The first-order chi connectivity index (χ1) is 12.0. The predicted molar refractivity (Wildman–Crippen MR) is 95.6 cm³/mol. The Balaban J connectivity index is 1.43. The monoisotopic (exact) mass is 340 g/mol. The Morgan fingerprint density at radius 2 is 2.24 bits per heavy atom. The van der Waals surface area contributed by atoms with Crippen LogP contribution in [0.1, 0.15) is 43.9 Å². The van der Waals surface area contributed by atoms with E-state index in [1.807, 2.05) is 23.8 Å². The van der Waals surface area contributed by atoms with Crippen molar-refractivity contribution in [1.29, 1.82) is 0 Å². The second-order valence-electron chi connectivity index (χ2n) is 7.61. The molecule has 0 saturated carbocycles. The van der Waals surface area contributed by atoms with E-state index in [-0.39, 0.29) is 17.1 Å². The van der Waals surface area contributed by atoms with Crippen molar-refractivity contribution in [3.8, 4) is 11.8 Å². The van der Waals surface area contributed by atoms with Gasteiger partial charge in [-0.15, -0.1) is 0 Å². The number of benzene rings is 1. The molecule has 0 spiro atoms. The summed E-state index contributed by atoms with van der Waals surface area (Å²) in [6.45, 7) is 7.65. The van der Waals surface area contributed by atoms with Crippen LogP contribution in [0.4, 0.5) is 0 Å². The lowest BCUT2D eigenvalue weighted by Gasteiger charge is -2.19. The first-order valence-electron chi connectivity index (χ1n) is 8.99. The Bertz CT molecular complexity index is 870. The number of fused-ring (bicyclic) bond motifs is 2. The first-order valence-corrected chi connectivity index (χ1v) is 8.99. The van der Waals surface area contributed by atoms with Crippen LogP contribution in [-0.2, 0) is 24.8 Å². The van der Waals surface area contributed by atoms with Gasteiger partial charge in [-0.1, -0.05) is 26.8 Å². The molecule has 25 heavy (non-hydrogen) atoms. The summed E-state index contributed by atoms with van der Waals surface area (Å²) in [4.78, 5) is 15.8. The molecule has 4 rings (SSSR count). The van der Waals surface area contributed by atoms with E-state index in [9.17, 15) is 4.79 Å². The van der Waals surface area contributed by atoms with E-state index in [2.05, 4.69) is 31.0 Å². The molecule has 0 fully saturated rings. The Kier molecular flexibility index (Phi) is 3.82. The summed E-state index contributed by atoms with van der Waals surface area (Å²) in [6.07, 6.45) is 4.70. The summed E-state index contributed by atoms with van der Waals surface area (Å²) in [5.41, 5.74) is 3.60. The zero-order valence-electron chi connectivity index (χ0n) is 15.0. The van der Waals surface area contributed by atoms with Crippen LogP contribution in [0.15, 0.2) is 29.2 Å². The molecule has 1 aromatic carbocycles. The molecule has 132 valence electrons. The minimum Gasteiger partial charge on any atom is -0.490 e. The fourth-order valence-corrected chi connectivity index (χ4v) is 3.78. The van der Waals surface area contributed by atoms with Crippen LogP contribution in [-0.4, -0.2) is 22.3 Å². The van der Waals surface area contributed by atoms with Crippen molar-refractivity contribution in [3.05, 3.63) is 51.4 Å². The van der Waals surface area contributed by atoms with Crippen LogP contribution in [0.3, 0.4) is 0 Å². The summed E-state index contributed by atoms with van der Waals surface area (Å²) in [5.74, 6) is 0.882. The lowest BCUT2D eigenvalue weighted by Crippen LogP contribution is -2.23. The van der Waals surface area contributed by atoms with E-state index in [1.54, 1.807) is 0 Å². The van der Waals surface area contributed by atoms with E-state index < -0.39 is 0 Å². The topological polar surface area (TPSA) is 53.4 Å². The number of hydrogen-bond donors (Lipinski definition) is 0. The van der Waals surface area contributed by atoms with E-state index in [1.165, 1.54) is 17.5 Å². The summed E-state index contributed by atoms with van der Waals surface area (Å²) in [7, 11) is 0. The van der Waals surface area contributed by atoms with Gasteiger partial charge in [-0.2, -0.15) is 4.98 Å². The molecule has 2 aliphatic rings. The summed E-state index contributed by atoms with van der Waals surface area (Å²) in [5, 5.41) is 0. The molecular formula is C20H24N2O3. The maximum absolute atomic E-state index is 11.8. The number of rotatable bonds is 4. The number of ether oxygens (including phenoxy) is 2. The second-order valence-corrected chi connectivity index (χ2v) is 7.61. The van der Waals surface area contributed by atoms with Crippen molar-refractivity contribution >= 4 is 0 Å². The molecule has 0 amide bonds. The number of aryl methyl sites for hydroxylation is 2. The van der Waals surface area contributed by atoms with Gasteiger partial charge in [0.05, 0.1) is 6.54 Å². The molecule has 0 saturated heterocycles. The van der Waals surface area contributed by atoms with Crippen LogP contribution < -0.4 is 15.0 Å². The van der Waals surface area contributed by atoms with Crippen molar-refractivity contribution in [2.45, 2.75) is 58.1 Å². The number of hydrogen-bond acceptors (Lipinski definition) is 4. The van der Waals surface area contributed by atoms with E-state index in [0.29, 0.717) is 25.6 Å². The van der Waals surface area contributed by atoms with Crippen LogP contribution in [0.2, 0.25) is 0 Å². The van der Waals surface area contributed by atoms with Gasteiger partial charge in [0.15, 0.2) is 6.10 Å². The molecule has 1 aliphatic heterocycles. The van der Waals surface area contributed by atoms with Gasteiger partial charge < -0.3 is 9.47 Å². The maximum atomic E-state index is 11.8. The Labute approximate surface area is 147 Å². The fourth-order valence-electron chi connectivity index (χ4n) is 3.78. The number of nitrogens with zero attached hydrogens (tertiary/aromatic N) is 2. The highest BCUT2D eigenvalue weighted by molar-refractivity contribution is 5.43. The van der Waals surface area contributed by atoms with Crippen molar-refractivity contribution < 1.29 is 9.47 Å². The highest BCUT2D eigenvalue weighted by atomic mass is 16.6. The summed E-state index contributed by atoms with van der Waals surface area (Å²) in [6, 6.07) is 6.79. The molecule has 0 unspecified atom stereocenters. The SMILES string of the molecule is CCc1cn2c(nc1=O)O[C@H](COc1ccc3c(c1)CCC3(C)C)C2. The minimum atomic E-state index is -0.198. The maximum Gasteiger partial charge on any atom is 0.300 e. The van der Waals surface area contributed by atoms with E-state index in [0.717, 1.165) is 17.7 Å². The molecule has 0 radical (unpaired) electrons. The third kappa shape index (κ3) is 2.92. The summed E-state index contributed by atoms with van der Waals surface area (Å²) >= 11 is 0. The quantitative estimate of drug-likeness (QED) is 0.859. The van der Waals surface area contributed by atoms with E-state index >= 15 is 0 Å². The standard InChI is InChI=1S/C20H24N2O3/c1-4-13-10-22-11-16(25-19(22)21-18(13)23)12-24-15-5-6-17-14(9-15)7-8-20(17,2)3/h5-6,9-10,16H,4,7-8,11-12H2,1-3H3/t16-/m0/s1. The molecule has 1 aromatic heterocycles. The third-order valence-corrected chi connectivity index (χ3v) is 5.34. The van der Waals surface area contributed by atoms with Crippen molar-refractivity contribution in [2.24, 2.45) is 0 Å². The zero-order valence-corrected chi connectivity index (χ0v) is 15.0. The zero-order chi connectivity index (χ0) is 17.6. The van der Waals surface area contributed by atoms with Gasteiger partial charge in [-0.25, -0.2) is 0 Å². The molecule has 1 aliphatic carbocycles. The Hall–Kier alpha value is -2.30. The van der Waals surface area contributed by atoms with Crippen LogP contribution >= 0.6 is 0 Å². The predicted octanol–water partition coefficient (Wildman–Crippen LogP) is 2.87. The van der Waals surface area contributed by atoms with Crippen LogP contribution in [0.25, 0.3) is 0 Å². The molecule has 5 heteroatoms. The highest BCUT2D eigenvalue weighted by Crippen LogP contribution is 2.39. The molecular weight excluding hydrogens is 316 g/mol. The van der Waals surface area contributed by atoms with Crippen molar-refractivity contribution in [3.63, 3.8) is 0 Å². The average Bonchev–Trinajstić information content (AvgIpc) is 3.12. The van der Waals surface area contributed by atoms with Gasteiger partial charge in [-0.05, 0) is 47.9 Å². The van der Waals surface area contributed by atoms with Crippen molar-refractivity contribution in [2.75, 3.05) is 6.61 Å². The molecule has 2 heterocycles. The summed E-state index contributed by atoms with van der Waals surface area (Å²) < 4.78 is 13.6. The van der Waals surface area contributed by atoms with Crippen LogP contribution in [0.5, 0.6) is 11.8 Å². The lowest BCUT2D eigenvalue weighted by molar-refractivity contribution is 0.143. The average molecular weight is 340 g/mol. The first kappa shape index (κ1) is 16.2. The van der Waals surface area contributed by atoms with Gasteiger partial charge in [0.25, 0.3) is 11.6 Å². The van der Waals surface area contributed by atoms with Gasteiger partial charge in [0.1, 0.15) is 12.4 Å². The van der Waals surface area contributed by atoms with Gasteiger partial charge in [0.2, 0.25) is 0 Å². The Morgan fingerprint density at radius 1 is 1.40 bits per heavy atom. The lowest BCUT2D eigenvalue weighted by atomic mass is 9.87. The molecule has 2 aromatic rings. The van der Waals surface area contributed by atoms with Gasteiger partial charge in [-0.3, -0.25) is 9.36 Å². The largest absolute Gasteiger partial charge is 0.490 e. The number of aromatic nitrogens is 2. The minimum absolute atomic E-state index is 0.122. The Morgan fingerprint density at radius 3 is 3.04 bits per heavy atom. The van der Waals surface area contributed by atoms with Crippen LogP contribution in [0, 0.1) is 0 Å². The molecule has 0 N–H and O–H groups in total. The molecule has 1 atom stereocenters. The van der Waals surface area contributed by atoms with Gasteiger partial charge >= 0.3 is 0 Å². The highest BCUT2D eigenvalue weighted by Gasteiger charge is 2.30. The molecule has 0 bridgehead atoms. The normalized spacial score (nSPS) is 20.0. The van der Waals surface area contributed by atoms with E-state index in [4.69, 9.17) is 9.47 Å². The smallest absolute Gasteiger partial charge is 0.300 e. The third-order valence-electron chi connectivity index (χ3n) is 5.34.